The first-order valence-corrected chi connectivity index (χ1v) is 12.8. The molecule has 0 amide bonds. The Morgan fingerprint density at radius 2 is 1.88 bits per heavy atom. The van der Waals surface area contributed by atoms with Crippen LogP contribution in [0, 0.1) is 25.7 Å². The van der Waals surface area contributed by atoms with Gasteiger partial charge < -0.3 is 0 Å². The molecule has 0 bridgehead atoms. The number of aryl methyl sites for hydroxylation is 2. The summed E-state index contributed by atoms with van der Waals surface area (Å²) in [6.07, 6.45) is 9.61. The van der Waals surface area contributed by atoms with Gasteiger partial charge in [-0.25, -0.2) is 0 Å². The van der Waals surface area contributed by atoms with Crippen LogP contribution >= 0.6 is 0 Å². The van der Waals surface area contributed by atoms with Crippen molar-refractivity contribution in [2.75, 3.05) is 6.54 Å². The summed E-state index contributed by atoms with van der Waals surface area (Å²) < 4.78 is 2.05. The number of aromatic nitrogens is 4. The molecule has 1 aromatic heterocycles. The maximum atomic E-state index is 4.67. The number of likely N-dealkylation sites (tertiary alicyclic amines) is 1. The third-order valence-corrected chi connectivity index (χ3v) is 8.43. The number of allylic oxidation sites excluding steroid dienone is 2. The molecule has 1 aromatic carbocycles. The number of benzene rings is 1. The van der Waals surface area contributed by atoms with Crippen LogP contribution in [-0.4, -0.2) is 37.7 Å². The molecule has 1 saturated heterocycles. The van der Waals surface area contributed by atoms with Crippen molar-refractivity contribution in [1.29, 1.82) is 0 Å². The Balaban J connectivity index is 1.55. The van der Waals surface area contributed by atoms with Gasteiger partial charge in [-0.3, -0.25) is 4.90 Å². The Morgan fingerprint density at radius 3 is 2.42 bits per heavy atom. The van der Waals surface area contributed by atoms with Gasteiger partial charge in [0.15, 0.2) is 5.82 Å². The van der Waals surface area contributed by atoms with Gasteiger partial charge in [0.25, 0.3) is 0 Å². The first-order valence-electron chi connectivity index (χ1n) is 12.8. The van der Waals surface area contributed by atoms with E-state index in [9.17, 15) is 0 Å². The van der Waals surface area contributed by atoms with Crippen LogP contribution in [0.1, 0.15) is 93.8 Å². The highest BCUT2D eigenvalue weighted by molar-refractivity contribution is 5.51. The van der Waals surface area contributed by atoms with Gasteiger partial charge in [-0.1, -0.05) is 37.3 Å². The molecule has 33 heavy (non-hydrogen) atoms. The Morgan fingerprint density at radius 1 is 1.15 bits per heavy atom. The van der Waals surface area contributed by atoms with E-state index in [0.29, 0.717) is 12.0 Å². The van der Waals surface area contributed by atoms with Crippen LogP contribution in [0.25, 0.3) is 5.69 Å². The number of hydrogen-bond donors (Lipinski definition) is 0. The van der Waals surface area contributed by atoms with Crippen molar-refractivity contribution < 1.29 is 0 Å². The summed E-state index contributed by atoms with van der Waals surface area (Å²) in [7, 11) is 0. The first kappa shape index (κ1) is 22.5. The summed E-state index contributed by atoms with van der Waals surface area (Å²) in [5.74, 6) is 3.10. The van der Waals surface area contributed by atoms with E-state index in [-0.39, 0.29) is 6.04 Å². The molecule has 5 nitrogen and oxygen atoms in total. The highest BCUT2D eigenvalue weighted by Gasteiger charge is 2.37. The average molecular weight is 446 g/mol. The number of hydrogen-bond acceptors (Lipinski definition) is 4. The van der Waals surface area contributed by atoms with Crippen LogP contribution in [0.4, 0.5) is 0 Å². The maximum absolute atomic E-state index is 4.67. The molecule has 176 valence electrons. The van der Waals surface area contributed by atoms with E-state index in [0.717, 1.165) is 42.7 Å². The van der Waals surface area contributed by atoms with E-state index in [4.69, 9.17) is 0 Å². The molecule has 0 spiro atoms. The van der Waals surface area contributed by atoms with E-state index in [2.05, 4.69) is 79.8 Å². The highest BCUT2D eigenvalue weighted by atomic mass is 15.6. The van der Waals surface area contributed by atoms with Crippen molar-refractivity contribution in [1.82, 2.24) is 25.1 Å². The second kappa shape index (κ2) is 8.83. The van der Waals surface area contributed by atoms with Crippen LogP contribution in [0.5, 0.6) is 0 Å². The molecule has 1 saturated carbocycles. The second-order valence-electron chi connectivity index (χ2n) is 11.0. The molecule has 5 unspecified atom stereocenters. The third-order valence-electron chi connectivity index (χ3n) is 8.43. The van der Waals surface area contributed by atoms with Gasteiger partial charge >= 0.3 is 0 Å². The molecule has 1 aliphatic heterocycles. The molecule has 5 heteroatoms. The smallest absolute Gasteiger partial charge is 0.178 e. The quantitative estimate of drug-likeness (QED) is 0.495. The molecule has 2 aromatic rings. The standard InChI is InChI=1S/C28H39N5/c1-17(2)22-9-11-23(12-10-22)27(32-13-7-8-21(32)6)28-29-30-31-33(28)26-19(4)14-24(15-20(26)5)25-16-18(25)3/h11,14-15,18,21-22,25,27H,1,7-10,12-13,16H2,2-6H3. The van der Waals surface area contributed by atoms with Gasteiger partial charge in [0.05, 0.1) is 11.7 Å². The van der Waals surface area contributed by atoms with Crippen molar-refractivity contribution in [3.05, 3.63) is 58.4 Å². The van der Waals surface area contributed by atoms with Gasteiger partial charge in [-0.15, -0.1) is 5.10 Å². The fourth-order valence-electron chi connectivity index (χ4n) is 6.26. The van der Waals surface area contributed by atoms with Gasteiger partial charge in [0, 0.05) is 6.04 Å². The predicted octanol–water partition coefficient (Wildman–Crippen LogP) is 6.23. The number of rotatable bonds is 6. The topological polar surface area (TPSA) is 46.8 Å². The summed E-state index contributed by atoms with van der Waals surface area (Å²) in [6.45, 7) is 16.6. The van der Waals surface area contributed by atoms with Crippen molar-refractivity contribution in [2.24, 2.45) is 11.8 Å². The molecule has 2 fully saturated rings. The zero-order valence-corrected chi connectivity index (χ0v) is 21.0. The molecule has 0 N–H and O–H groups in total. The van der Waals surface area contributed by atoms with Gasteiger partial charge in [0.1, 0.15) is 0 Å². The Bertz CT molecular complexity index is 1060. The maximum Gasteiger partial charge on any atom is 0.178 e. The van der Waals surface area contributed by atoms with E-state index in [1.807, 2.05) is 4.68 Å². The van der Waals surface area contributed by atoms with E-state index < -0.39 is 0 Å². The minimum absolute atomic E-state index is 0.144. The number of nitrogens with zero attached hydrogens (tertiary/aromatic N) is 5. The first-order chi connectivity index (χ1) is 15.8. The van der Waals surface area contributed by atoms with Crippen molar-refractivity contribution in [3.63, 3.8) is 0 Å². The minimum Gasteiger partial charge on any atom is -0.287 e. The summed E-state index contributed by atoms with van der Waals surface area (Å²) in [6, 6.07) is 5.42. The van der Waals surface area contributed by atoms with Crippen molar-refractivity contribution >= 4 is 0 Å². The van der Waals surface area contributed by atoms with Crippen LogP contribution in [0.3, 0.4) is 0 Å². The lowest BCUT2D eigenvalue weighted by Gasteiger charge is -2.35. The lowest BCUT2D eigenvalue weighted by molar-refractivity contribution is 0.200. The summed E-state index contributed by atoms with van der Waals surface area (Å²) in [4.78, 5) is 2.64. The SMILES string of the molecule is C=C(C)C1CC=C(C(c2nnnn2-c2c(C)cc(C3CC3C)cc2C)N2CCCC2C)CC1. The van der Waals surface area contributed by atoms with Crippen LogP contribution in [-0.2, 0) is 0 Å². The monoisotopic (exact) mass is 445 g/mol. The fraction of sp³-hybridized carbons (Fsp3) is 0.607. The van der Waals surface area contributed by atoms with Gasteiger partial charge in [-0.05, 0) is 123 Å². The average Bonchev–Trinajstić information content (AvgIpc) is 3.12. The molecular formula is C28H39N5. The van der Waals surface area contributed by atoms with E-state index in [1.165, 1.54) is 53.5 Å². The lowest BCUT2D eigenvalue weighted by atomic mass is 9.82. The van der Waals surface area contributed by atoms with Gasteiger partial charge in [-0.2, -0.15) is 4.68 Å². The molecule has 0 radical (unpaired) electrons. The van der Waals surface area contributed by atoms with E-state index >= 15 is 0 Å². The Kier molecular flexibility index (Phi) is 6.02. The Hall–Kier alpha value is -2.27. The predicted molar refractivity (Wildman–Crippen MR) is 134 cm³/mol. The molecule has 3 aliphatic rings. The summed E-state index contributed by atoms with van der Waals surface area (Å²) in [5, 5.41) is 13.4. The van der Waals surface area contributed by atoms with Crippen LogP contribution in [0.2, 0.25) is 0 Å². The van der Waals surface area contributed by atoms with Crippen molar-refractivity contribution in [2.45, 2.75) is 91.1 Å². The second-order valence-corrected chi connectivity index (χ2v) is 11.0. The lowest BCUT2D eigenvalue weighted by Crippen LogP contribution is -2.35. The normalized spacial score (nSPS) is 28.6. The number of tetrazole rings is 1. The van der Waals surface area contributed by atoms with E-state index in [1.54, 1.807) is 0 Å². The fourth-order valence-corrected chi connectivity index (χ4v) is 6.26. The van der Waals surface area contributed by atoms with Gasteiger partial charge in [0.2, 0.25) is 0 Å². The zero-order valence-electron chi connectivity index (χ0n) is 21.0. The Labute approximate surface area is 198 Å². The zero-order chi connectivity index (χ0) is 23.3. The minimum atomic E-state index is 0.144. The van der Waals surface area contributed by atoms with Crippen LogP contribution < -0.4 is 0 Å². The molecule has 5 rings (SSSR count). The van der Waals surface area contributed by atoms with Crippen molar-refractivity contribution in [3.8, 4) is 5.69 Å². The summed E-state index contributed by atoms with van der Waals surface area (Å²) >= 11 is 0. The summed E-state index contributed by atoms with van der Waals surface area (Å²) in [5.41, 5.74) is 7.95. The third kappa shape index (κ3) is 4.21. The molecule has 2 aliphatic carbocycles. The molecule has 5 atom stereocenters. The van der Waals surface area contributed by atoms with Crippen LogP contribution in [0.15, 0.2) is 35.9 Å². The molecule has 2 heterocycles. The highest BCUT2D eigenvalue weighted by Crippen LogP contribution is 2.48. The largest absolute Gasteiger partial charge is 0.287 e. The molecular weight excluding hydrogens is 406 g/mol.